The van der Waals surface area contributed by atoms with Crippen molar-refractivity contribution in [1.82, 2.24) is 5.32 Å². The predicted octanol–water partition coefficient (Wildman–Crippen LogP) is 1.55. The average molecular weight is 275 g/mol. The van der Waals surface area contributed by atoms with Crippen LogP contribution in [-0.2, 0) is 11.3 Å². The van der Waals surface area contributed by atoms with Crippen molar-refractivity contribution in [1.29, 1.82) is 0 Å². The first-order chi connectivity index (χ1) is 9.28. The van der Waals surface area contributed by atoms with Gasteiger partial charge in [-0.1, -0.05) is 11.5 Å². The molecule has 0 atom stereocenters. The van der Waals surface area contributed by atoms with Crippen LogP contribution in [0.15, 0.2) is 12.1 Å². The Morgan fingerprint density at radius 1 is 1.35 bits per heavy atom. The fourth-order valence-electron chi connectivity index (χ4n) is 1.69. The van der Waals surface area contributed by atoms with Gasteiger partial charge in [-0.05, 0) is 39.3 Å². The lowest BCUT2D eigenvalue weighted by Crippen LogP contribution is -2.36. The predicted molar refractivity (Wildman–Crippen MR) is 80.9 cm³/mol. The van der Waals surface area contributed by atoms with Crippen LogP contribution in [0.5, 0.6) is 5.75 Å². The fourth-order valence-corrected chi connectivity index (χ4v) is 1.69. The van der Waals surface area contributed by atoms with Crippen molar-refractivity contribution in [2.45, 2.75) is 39.8 Å². The Bertz CT molecular complexity index is 481. The molecule has 1 rings (SSSR count). The topological polar surface area (TPSA) is 47.6 Å². The molecule has 0 heterocycles. The molecule has 0 aliphatic carbocycles. The van der Waals surface area contributed by atoms with Crippen LogP contribution in [0.3, 0.4) is 0 Å². The second-order valence-electron chi connectivity index (χ2n) is 5.58. The minimum absolute atomic E-state index is 0.0144. The summed E-state index contributed by atoms with van der Waals surface area (Å²) < 4.78 is 10.2. The van der Waals surface area contributed by atoms with Crippen LogP contribution in [0, 0.1) is 0 Å². The largest absolute Gasteiger partial charge is 0.496 e. The number of methoxy groups -OCH3 is 1. The van der Waals surface area contributed by atoms with Gasteiger partial charge in [0.25, 0.3) is 0 Å². The molecule has 0 fully saturated rings. The van der Waals surface area contributed by atoms with Gasteiger partial charge in [0.1, 0.15) is 19.2 Å². The van der Waals surface area contributed by atoms with E-state index in [0.717, 1.165) is 5.56 Å². The van der Waals surface area contributed by atoms with Gasteiger partial charge in [0.15, 0.2) is 0 Å². The number of nitrogens with one attached hydrogen (secondary N) is 1. The SMILES string of the molecule is [B]c1cc(C(=O)OCC)c(OC)cc1CNC(C)(C)C. The molecule has 0 aliphatic heterocycles. The van der Waals surface area contributed by atoms with Crippen LogP contribution in [0.4, 0.5) is 0 Å². The van der Waals surface area contributed by atoms with Gasteiger partial charge in [-0.15, -0.1) is 0 Å². The van der Waals surface area contributed by atoms with E-state index in [4.69, 9.17) is 17.3 Å². The summed E-state index contributed by atoms with van der Waals surface area (Å²) in [5.41, 5.74) is 1.78. The minimum Gasteiger partial charge on any atom is -0.496 e. The lowest BCUT2D eigenvalue weighted by atomic mass is 9.88. The van der Waals surface area contributed by atoms with Crippen molar-refractivity contribution in [3.8, 4) is 5.75 Å². The molecule has 2 radical (unpaired) electrons. The molecule has 108 valence electrons. The van der Waals surface area contributed by atoms with Crippen molar-refractivity contribution >= 4 is 19.3 Å². The Morgan fingerprint density at radius 2 is 2.00 bits per heavy atom. The van der Waals surface area contributed by atoms with Gasteiger partial charge >= 0.3 is 5.97 Å². The van der Waals surface area contributed by atoms with Gasteiger partial charge < -0.3 is 14.8 Å². The Hall–Kier alpha value is -1.49. The Kier molecular flexibility index (Phi) is 5.63. The zero-order valence-electron chi connectivity index (χ0n) is 12.9. The van der Waals surface area contributed by atoms with Gasteiger partial charge in [-0.25, -0.2) is 4.79 Å². The third kappa shape index (κ3) is 4.56. The number of carbonyl (C=O) groups excluding carboxylic acids is 1. The van der Waals surface area contributed by atoms with E-state index in [2.05, 4.69) is 26.1 Å². The monoisotopic (exact) mass is 275 g/mol. The van der Waals surface area contributed by atoms with Gasteiger partial charge in [0.05, 0.1) is 13.7 Å². The van der Waals surface area contributed by atoms with Gasteiger partial charge in [0, 0.05) is 12.1 Å². The van der Waals surface area contributed by atoms with Crippen molar-refractivity contribution in [3.05, 3.63) is 23.3 Å². The number of esters is 1. The van der Waals surface area contributed by atoms with E-state index in [1.807, 2.05) is 0 Å². The van der Waals surface area contributed by atoms with Gasteiger partial charge in [-0.2, -0.15) is 0 Å². The number of rotatable bonds is 5. The van der Waals surface area contributed by atoms with Crippen LogP contribution in [-0.4, -0.2) is 33.1 Å². The molecule has 0 amide bonds. The number of hydrogen-bond acceptors (Lipinski definition) is 4. The fraction of sp³-hybridized carbons (Fsp3) is 0.533. The Morgan fingerprint density at radius 3 is 2.50 bits per heavy atom. The molecule has 0 unspecified atom stereocenters. The molecule has 1 N–H and O–H groups in total. The molecular weight excluding hydrogens is 253 g/mol. The van der Waals surface area contributed by atoms with E-state index in [-0.39, 0.29) is 5.54 Å². The highest BCUT2D eigenvalue weighted by atomic mass is 16.5. The summed E-state index contributed by atoms with van der Waals surface area (Å²) in [5.74, 6) is 0.0507. The smallest absolute Gasteiger partial charge is 0.341 e. The van der Waals surface area contributed by atoms with Crippen molar-refractivity contribution in [2.24, 2.45) is 0 Å². The molecule has 20 heavy (non-hydrogen) atoms. The molecule has 1 aromatic rings. The summed E-state index contributed by atoms with van der Waals surface area (Å²) >= 11 is 0. The minimum atomic E-state index is -0.425. The van der Waals surface area contributed by atoms with E-state index < -0.39 is 5.97 Å². The Balaban J connectivity index is 3.03. The summed E-state index contributed by atoms with van der Waals surface area (Å²) in [7, 11) is 7.53. The van der Waals surface area contributed by atoms with E-state index in [1.165, 1.54) is 7.11 Å². The summed E-state index contributed by atoms with van der Waals surface area (Å²) in [6, 6.07) is 3.39. The summed E-state index contributed by atoms with van der Waals surface area (Å²) in [6.07, 6.45) is 0. The molecule has 4 nitrogen and oxygen atoms in total. The maximum Gasteiger partial charge on any atom is 0.341 e. The van der Waals surface area contributed by atoms with Crippen molar-refractivity contribution < 1.29 is 14.3 Å². The quantitative estimate of drug-likeness (QED) is 0.654. The van der Waals surface area contributed by atoms with E-state index in [1.54, 1.807) is 19.1 Å². The molecule has 1 aromatic carbocycles. The molecule has 5 heteroatoms. The van der Waals surface area contributed by atoms with E-state index >= 15 is 0 Å². The van der Waals surface area contributed by atoms with Gasteiger partial charge in [0.2, 0.25) is 0 Å². The molecule has 0 saturated carbocycles. The van der Waals surface area contributed by atoms with Crippen LogP contribution >= 0.6 is 0 Å². The standard InChI is InChI=1S/C15H22BNO3/c1-6-20-14(18)11-8-12(16)10(7-13(11)19-5)9-17-15(2,3)4/h7-8,17H,6,9H2,1-5H3. The van der Waals surface area contributed by atoms with Crippen LogP contribution < -0.4 is 15.5 Å². The molecular formula is C15H22BNO3. The summed E-state index contributed by atoms with van der Waals surface area (Å²) in [4.78, 5) is 11.8. The molecule has 0 aromatic heterocycles. The normalized spacial score (nSPS) is 11.2. The molecule has 0 bridgehead atoms. The number of ether oxygens (including phenoxy) is 2. The summed E-state index contributed by atoms with van der Waals surface area (Å²) in [6.45, 7) is 8.91. The third-order valence-corrected chi connectivity index (χ3v) is 2.77. The Labute approximate surface area is 122 Å². The van der Waals surface area contributed by atoms with E-state index in [0.29, 0.717) is 29.9 Å². The number of carbonyl (C=O) groups is 1. The average Bonchev–Trinajstić information content (AvgIpc) is 2.36. The highest BCUT2D eigenvalue weighted by Crippen LogP contribution is 2.20. The highest BCUT2D eigenvalue weighted by Gasteiger charge is 2.16. The van der Waals surface area contributed by atoms with Crippen LogP contribution in [0.25, 0.3) is 0 Å². The first-order valence-corrected chi connectivity index (χ1v) is 6.67. The zero-order valence-corrected chi connectivity index (χ0v) is 12.9. The van der Waals surface area contributed by atoms with E-state index in [9.17, 15) is 4.79 Å². The third-order valence-electron chi connectivity index (χ3n) is 2.77. The first kappa shape index (κ1) is 16.6. The van der Waals surface area contributed by atoms with Crippen LogP contribution in [0.2, 0.25) is 0 Å². The van der Waals surface area contributed by atoms with Crippen molar-refractivity contribution in [3.63, 3.8) is 0 Å². The van der Waals surface area contributed by atoms with Crippen LogP contribution in [0.1, 0.15) is 43.6 Å². The number of benzene rings is 1. The second kappa shape index (κ2) is 6.79. The van der Waals surface area contributed by atoms with Gasteiger partial charge in [-0.3, -0.25) is 0 Å². The lowest BCUT2D eigenvalue weighted by molar-refractivity contribution is 0.0523. The molecule has 0 saturated heterocycles. The summed E-state index contributed by atoms with van der Waals surface area (Å²) in [5, 5.41) is 3.35. The first-order valence-electron chi connectivity index (χ1n) is 6.67. The highest BCUT2D eigenvalue weighted by molar-refractivity contribution is 6.33. The maximum absolute atomic E-state index is 11.8. The molecule has 0 spiro atoms. The number of hydrogen-bond donors (Lipinski definition) is 1. The van der Waals surface area contributed by atoms with Crippen molar-refractivity contribution in [2.75, 3.05) is 13.7 Å². The molecule has 0 aliphatic rings. The second-order valence-corrected chi connectivity index (χ2v) is 5.58. The zero-order chi connectivity index (χ0) is 15.3. The lowest BCUT2D eigenvalue weighted by Gasteiger charge is -2.22. The maximum atomic E-state index is 11.8.